The molecule has 1 aromatic carbocycles. The molecule has 0 aliphatic carbocycles. The SMILES string of the molecule is CCCO[Si](Br)(Br)Oc1ccccc1. The van der Waals surface area contributed by atoms with E-state index in [1.165, 1.54) is 0 Å². The highest BCUT2D eigenvalue weighted by atomic mass is 79.9. The summed E-state index contributed by atoms with van der Waals surface area (Å²) in [5.41, 5.74) is 0. The van der Waals surface area contributed by atoms with Gasteiger partial charge in [0.1, 0.15) is 5.75 Å². The van der Waals surface area contributed by atoms with Gasteiger partial charge in [0.2, 0.25) is 0 Å². The van der Waals surface area contributed by atoms with E-state index in [2.05, 4.69) is 37.5 Å². The van der Waals surface area contributed by atoms with Gasteiger partial charge in [0.15, 0.2) is 0 Å². The summed E-state index contributed by atoms with van der Waals surface area (Å²) in [5.74, 6) is -1.53. The van der Waals surface area contributed by atoms with E-state index >= 15 is 0 Å². The first kappa shape index (κ1) is 12.2. The Kier molecular flexibility index (Phi) is 5.15. The van der Waals surface area contributed by atoms with E-state index < -0.39 is 5.80 Å². The largest absolute Gasteiger partial charge is 0.552 e. The molecule has 0 spiro atoms. The zero-order chi connectivity index (χ0) is 10.4. The van der Waals surface area contributed by atoms with Crippen LogP contribution in [0.5, 0.6) is 5.75 Å². The molecule has 5 heteroatoms. The lowest BCUT2D eigenvalue weighted by atomic mass is 10.3. The molecule has 78 valence electrons. The van der Waals surface area contributed by atoms with Crippen molar-refractivity contribution in [2.24, 2.45) is 0 Å². The van der Waals surface area contributed by atoms with Gasteiger partial charge in [0.05, 0.1) is 0 Å². The smallest absolute Gasteiger partial charge is 0.505 e. The maximum absolute atomic E-state index is 5.65. The van der Waals surface area contributed by atoms with Gasteiger partial charge in [-0.2, -0.15) is 0 Å². The van der Waals surface area contributed by atoms with Crippen LogP contribution in [0.15, 0.2) is 30.3 Å². The molecule has 14 heavy (non-hydrogen) atoms. The first-order valence-electron chi connectivity index (χ1n) is 4.40. The molecule has 0 aliphatic rings. The maximum Gasteiger partial charge on any atom is 0.552 e. The van der Waals surface area contributed by atoms with Gasteiger partial charge in [-0.3, -0.25) is 0 Å². The number of para-hydroxylation sites is 1. The van der Waals surface area contributed by atoms with Gasteiger partial charge in [0.25, 0.3) is 0 Å². The number of benzene rings is 1. The lowest BCUT2D eigenvalue weighted by molar-refractivity contribution is 0.279. The summed E-state index contributed by atoms with van der Waals surface area (Å²) in [7, 11) is 0. The minimum atomic E-state index is -2.34. The monoisotopic (exact) mass is 338 g/mol. The van der Waals surface area contributed by atoms with Gasteiger partial charge in [-0.25, -0.2) is 0 Å². The number of hydrogen-bond acceptors (Lipinski definition) is 2. The van der Waals surface area contributed by atoms with E-state index in [-0.39, 0.29) is 0 Å². The second kappa shape index (κ2) is 5.90. The Balaban J connectivity index is 2.50. The number of hydrogen-bond donors (Lipinski definition) is 0. The highest BCUT2D eigenvalue weighted by molar-refractivity contribution is 9.50. The molecule has 1 rings (SSSR count). The maximum atomic E-state index is 5.65. The fourth-order valence-electron chi connectivity index (χ4n) is 0.876. The second-order valence-corrected chi connectivity index (χ2v) is 13.6. The second-order valence-electron chi connectivity index (χ2n) is 2.73. The molecule has 2 nitrogen and oxygen atoms in total. The summed E-state index contributed by atoms with van der Waals surface area (Å²) in [6.45, 7) is 2.75. The van der Waals surface area contributed by atoms with Crippen molar-refractivity contribution in [2.75, 3.05) is 6.61 Å². The van der Waals surface area contributed by atoms with Crippen LogP contribution in [-0.4, -0.2) is 12.4 Å². The van der Waals surface area contributed by atoms with E-state index in [1.807, 2.05) is 30.3 Å². The lowest BCUT2D eigenvalue weighted by Gasteiger charge is -2.18. The Morgan fingerprint density at radius 3 is 2.43 bits per heavy atom. The Morgan fingerprint density at radius 2 is 1.86 bits per heavy atom. The third kappa shape index (κ3) is 4.59. The summed E-state index contributed by atoms with van der Waals surface area (Å²) < 4.78 is 11.2. The number of halogens is 2. The average Bonchev–Trinajstić information content (AvgIpc) is 2.16. The summed E-state index contributed by atoms with van der Waals surface area (Å²) >= 11 is 6.86. The fourth-order valence-corrected chi connectivity index (χ4v) is 3.88. The lowest BCUT2D eigenvalue weighted by Crippen LogP contribution is -2.31. The molecule has 0 unspecified atom stereocenters. The van der Waals surface area contributed by atoms with Crippen LogP contribution in [0.3, 0.4) is 0 Å². The van der Waals surface area contributed by atoms with Crippen molar-refractivity contribution in [3.8, 4) is 5.75 Å². The van der Waals surface area contributed by atoms with Gasteiger partial charge in [-0.15, -0.1) is 0 Å². The molecular weight excluding hydrogens is 328 g/mol. The van der Waals surface area contributed by atoms with E-state index in [4.69, 9.17) is 8.85 Å². The molecule has 0 aromatic heterocycles. The molecule has 0 radical (unpaired) electrons. The van der Waals surface area contributed by atoms with Crippen LogP contribution in [-0.2, 0) is 4.43 Å². The van der Waals surface area contributed by atoms with E-state index in [9.17, 15) is 0 Å². The molecule has 0 atom stereocenters. The topological polar surface area (TPSA) is 18.5 Å². The van der Waals surface area contributed by atoms with Gasteiger partial charge in [0, 0.05) is 6.61 Å². The normalized spacial score (nSPS) is 11.4. The predicted molar refractivity (Wildman–Crippen MR) is 66.9 cm³/mol. The third-order valence-corrected chi connectivity index (χ3v) is 4.81. The third-order valence-electron chi connectivity index (χ3n) is 1.45. The van der Waals surface area contributed by atoms with Crippen molar-refractivity contribution in [1.29, 1.82) is 0 Å². The van der Waals surface area contributed by atoms with Crippen molar-refractivity contribution >= 4 is 36.4 Å². The van der Waals surface area contributed by atoms with Crippen LogP contribution in [0.2, 0.25) is 0 Å². The van der Waals surface area contributed by atoms with Crippen LogP contribution in [0.1, 0.15) is 13.3 Å². The molecule has 1 aromatic rings. The standard InChI is InChI=1S/C9H12Br2O2Si/c1-2-8-12-14(10,11)13-9-6-4-3-5-7-9/h3-7H,2,8H2,1H3. The van der Waals surface area contributed by atoms with Crippen LogP contribution in [0.25, 0.3) is 0 Å². The fraction of sp³-hybridized carbons (Fsp3) is 0.333. The predicted octanol–water partition coefficient (Wildman–Crippen LogP) is 3.72. The highest BCUT2D eigenvalue weighted by Gasteiger charge is 2.33. The first-order valence-corrected chi connectivity index (χ1v) is 10.7. The van der Waals surface area contributed by atoms with Gasteiger partial charge >= 0.3 is 5.80 Å². The molecule has 0 bridgehead atoms. The van der Waals surface area contributed by atoms with Crippen molar-refractivity contribution < 1.29 is 8.85 Å². The van der Waals surface area contributed by atoms with Crippen LogP contribution < -0.4 is 4.43 Å². The zero-order valence-corrected chi connectivity index (χ0v) is 12.0. The zero-order valence-electron chi connectivity index (χ0n) is 7.87. The Morgan fingerprint density at radius 1 is 1.21 bits per heavy atom. The molecule has 0 fully saturated rings. The minimum absolute atomic E-state index is 0.690. The Hall–Kier alpha value is 0.157. The summed E-state index contributed by atoms with van der Waals surface area (Å²) in [6, 6.07) is 9.61. The van der Waals surface area contributed by atoms with Crippen molar-refractivity contribution in [2.45, 2.75) is 13.3 Å². The van der Waals surface area contributed by atoms with Crippen LogP contribution in [0.4, 0.5) is 0 Å². The molecule has 0 heterocycles. The number of rotatable bonds is 5. The van der Waals surface area contributed by atoms with Crippen LogP contribution >= 0.6 is 30.6 Å². The van der Waals surface area contributed by atoms with Crippen molar-refractivity contribution in [3.63, 3.8) is 0 Å². The first-order chi connectivity index (χ1) is 6.64. The molecule has 0 saturated heterocycles. The van der Waals surface area contributed by atoms with Crippen molar-refractivity contribution in [1.82, 2.24) is 0 Å². The Bertz CT molecular complexity index is 267. The summed E-state index contributed by atoms with van der Waals surface area (Å²) in [6.07, 6.45) is 0.976. The van der Waals surface area contributed by atoms with Gasteiger partial charge < -0.3 is 8.85 Å². The van der Waals surface area contributed by atoms with Crippen molar-refractivity contribution in [3.05, 3.63) is 30.3 Å². The van der Waals surface area contributed by atoms with Gasteiger partial charge in [-0.05, 0) is 49.1 Å². The molecule has 0 aliphatic heterocycles. The summed E-state index contributed by atoms with van der Waals surface area (Å²) in [5, 5.41) is 0. The molecule has 0 saturated carbocycles. The molecule has 0 N–H and O–H groups in total. The molecule has 0 amide bonds. The quantitative estimate of drug-likeness (QED) is 0.601. The molecular formula is C9H12Br2O2Si. The van der Waals surface area contributed by atoms with E-state index in [1.54, 1.807) is 0 Å². The van der Waals surface area contributed by atoms with Crippen LogP contribution in [0, 0.1) is 0 Å². The highest BCUT2D eigenvalue weighted by Crippen LogP contribution is 2.26. The Labute approximate surface area is 101 Å². The van der Waals surface area contributed by atoms with E-state index in [0.717, 1.165) is 12.2 Å². The minimum Gasteiger partial charge on any atom is -0.505 e. The summed E-state index contributed by atoms with van der Waals surface area (Å²) in [4.78, 5) is 0. The van der Waals surface area contributed by atoms with E-state index in [0.29, 0.717) is 6.61 Å². The average molecular weight is 340 g/mol. The van der Waals surface area contributed by atoms with Gasteiger partial charge in [-0.1, -0.05) is 25.1 Å².